The Labute approximate surface area is 110 Å². The fraction of sp³-hybridized carbons (Fsp3) is 0.400. The van der Waals surface area contributed by atoms with Gasteiger partial charge in [0.15, 0.2) is 0 Å². The van der Waals surface area contributed by atoms with Crippen LogP contribution in [0.3, 0.4) is 0 Å². The predicted octanol–water partition coefficient (Wildman–Crippen LogP) is 3.91. The lowest BCUT2D eigenvalue weighted by Crippen LogP contribution is -1.98. The molecule has 0 aliphatic rings. The van der Waals surface area contributed by atoms with Crippen molar-refractivity contribution in [2.75, 3.05) is 11.9 Å². The standard InChI is InChI=1S/C10H11Br2NO3/c11-3-1-2-4-16-10-6-8(12)5-9(7-10)13(14)15/h5-7H,1-4H2. The Hall–Kier alpha value is -0.620. The van der Waals surface area contributed by atoms with Crippen LogP contribution in [0.2, 0.25) is 0 Å². The lowest BCUT2D eigenvalue weighted by Gasteiger charge is -2.05. The molecule has 0 saturated carbocycles. The van der Waals surface area contributed by atoms with Crippen molar-refractivity contribution in [2.24, 2.45) is 0 Å². The Morgan fingerprint density at radius 3 is 2.69 bits per heavy atom. The molecule has 6 heteroatoms. The summed E-state index contributed by atoms with van der Waals surface area (Å²) in [5, 5.41) is 11.5. The van der Waals surface area contributed by atoms with Crippen molar-refractivity contribution in [3.8, 4) is 5.75 Å². The predicted molar refractivity (Wildman–Crippen MR) is 69.3 cm³/mol. The van der Waals surface area contributed by atoms with Crippen molar-refractivity contribution in [3.63, 3.8) is 0 Å². The molecule has 0 bridgehead atoms. The van der Waals surface area contributed by atoms with E-state index in [1.165, 1.54) is 12.1 Å². The quantitative estimate of drug-likeness (QED) is 0.337. The number of non-ortho nitro benzene ring substituents is 1. The minimum Gasteiger partial charge on any atom is -0.493 e. The van der Waals surface area contributed by atoms with Gasteiger partial charge < -0.3 is 4.74 Å². The van der Waals surface area contributed by atoms with E-state index in [2.05, 4.69) is 31.9 Å². The van der Waals surface area contributed by atoms with Gasteiger partial charge in [-0.05, 0) is 18.9 Å². The number of nitro benzene ring substituents is 1. The maximum Gasteiger partial charge on any atom is 0.274 e. The van der Waals surface area contributed by atoms with Crippen LogP contribution < -0.4 is 4.74 Å². The third-order valence-electron chi connectivity index (χ3n) is 1.86. The van der Waals surface area contributed by atoms with E-state index in [0.29, 0.717) is 16.8 Å². The Kier molecular flexibility index (Phi) is 5.76. The van der Waals surface area contributed by atoms with Crippen molar-refractivity contribution in [1.29, 1.82) is 0 Å². The summed E-state index contributed by atoms with van der Waals surface area (Å²) in [6, 6.07) is 4.60. The van der Waals surface area contributed by atoms with Crippen molar-refractivity contribution in [3.05, 3.63) is 32.8 Å². The van der Waals surface area contributed by atoms with Crippen molar-refractivity contribution in [2.45, 2.75) is 12.8 Å². The molecule has 0 unspecified atom stereocenters. The third-order valence-corrected chi connectivity index (χ3v) is 2.88. The molecule has 0 heterocycles. The third kappa shape index (κ3) is 4.49. The van der Waals surface area contributed by atoms with Crippen LogP contribution in [0.15, 0.2) is 22.7 Å². The SMILES string of the molecule is O=[N+]([O-])c1cc(Br)cc(OCCCCBr)c1. The summed E-state index contributed by atoms with van der Waals surface area (Å²) in [7, 11) is 0. The van der Waals surface area contributed by atoms with Crippen LogP contribution >= 0.6 is 31.9 Å². The van der Waals surface area contributed by atoms with Crippen LogP contribution in [0.25, 0.3) is 0 Å². The van der Waals surface area contributed by atoms with Gasteiger partial charge in [-0.2, -0.15) is 0 Å². The lowest BCUT2D eigenvalue weighted by molar-refractivity contribution is -0.385. The van der Waals surface area contributed by atoms with Crippen LogP contribution in [-0.2, 0) is 0 Å². The molecule has 0 amide bonds. The number of halogens is 2. The van der Waals surface area contributed by atoms with Gasteiger partial charge >= 0.3 is 0 Å². The zero-order valence-corrected chi connectivity index (χ0v) is 11.7. The van der Waals surface area contributed by atoms with Crippen LogP contribution in [-0.4, -0.2) is 16.9 Å². The second kappa shape index (κ2) is 6.85. The second-order valence-electron chi connectivity index (χ2n) is 3.15. The minimum atomic E-state index is -0.434. The molecule has 0 spiro atoms. The molecule has 0 saturated heterocycles. The molecular formula is C10H11Br2NO3. The van der Waals surface area contributed by atoms with Gasteiger partial charge in [0, 0.05) is 15.9 Å². The number of nitrogens with zero attached hydrogens (tertiary/aromatic N) is 1. The van der Waals surface area contributed by atoms with E-state index >= 15 is 0 Å². The molecular weight excluding hydrogens is 342 g/mol. The van der Waals surface area contributed by atoms with E-state index in [0.717, 1.165) is 18.2 Å². The topological polar surface area (TPSA) is 52.4 Å². The number of unbranched alkanes of at least 4 members (excludes halogenated alkanes) is 1. The summed E-state index contributed by atoms with van der Waals surface area (Å²) in [4.78, 5) is 10.2. The fourth-order valence-corrected chi connectivity index (χ4v) is 1.98. The van der Waals surface area contributed by atoms with Gasteiger partial charge in [0.2, 0.25) is 0 Å². The molecule has 0 N–H and O–H groups in total. The summed E-state index contributed by atoms with van der Waals surface area (Å²) in [6.45, 7) is 0.569. The van der Waals surface area contributed by atoms with Crippen molar-refractivity contribution >= 4 is 37.5 Å². The first kappa shape index (κ1) is 13.4. The van der Waals surface area contributed by atoms with Gasteiger partial charge in [-0.3, -0.25) is 10.1 Å². The van der Waals surface area contributed by atoms with Crippen LogP contribution in [0, 0.1) is 10.1 Å². The Balaban J connectivity index is 2.62. The summed E-state index contributed by atoms with van der Waals surface area (Å²) >= 11 is 6.54. The maximum absolute atomic E-state index is 10.6. The van der Waals surface area contributed by atoms with E-state index in [4.69, 9.17) is 4.74 Å². The molecule has 16 heavy (non-hydrogen) atoms. The zero-order chi connectivity index (χ0) is 12.0. The van der Waals surface area contributed by atoms with E-state index < -0.39 is 4.92 Å². The van der Waals surface area contributed by atoms with Gasteiger partial charge in [-0.1, -0.05) is 31.9 Å². The summed E-state index contributed by atoms with van der Waals surface area (Å²) in [6.07, 6.45) is 1.95. The van der Waals surface area contributed by atoms with Gasteiger partial charge in [0.05, 0.1) is 17.6 Å². The van der Waals surface area contributed by atoms with Crippen molar-refractivity contribution in [1.82, 2.24) is 0 Å². The van der Waals surface area contributed by atoms with Crippen LogP contribution in [0.5, 0.6) is 5.75 Å². The molecule has 1 aromatic rings. The van der Waals surface area contributed by atoms with E-state index in [1.54, 1.807) is 6.07 Å². The highest BCUT2D eigenvalue weighted by Crippen LogP contribution is 2.26. The Morgan fingerprint density at radius 1 is 1.31 bits per heavy atom. The summed E-state index contributed by atoms with van der Waals surface area (Å²) < 4.78 is 6.07. The highest BCUT2D eigenvalue weighted by atomic mass is 79.9. The summed E-state index contributed by atoms with van der Waals surface area (Å²) in [5.41, 5.74) is 0.0323. The highest BCUT2D eigenvalue weighted by molar-refractivity contribution is 9.10. The molecule has 0 aliphatic carbocycles. The fourth-order valence-electron chi connectivity index (χ4n) is 1.12. The molecule has 4 nitrogen and oxygen atoms in total. The number of alkyl halides is 1. The summed E-state index contributed by atoms with van der Waals surface area (Å²) in [5.74, 6) is 0.524. The largest absolute Gasteiger partial charge is 0.493 e. The average Bonchev–Trinajstić information content (AvgIpc) is 2.23. The first-order valence-electron chi connectivity index (χ1n) is 4.77. The van der Waals surface area contributed by atoms with E-state index in [1.807, 2.05) is 0 Å². The maximum atomic E-state index is 10.6. The number of ether oxygens (including phenoxy) is 1. The normalized spacial score (nSPS) is 10.1. The van der Waals surface area contributed by atoms with Gasteiger partial charge in [-0.25, -0.2) is 0 Å². The van der Waals surface area contributed by atoms with Crippen molar-refractivity contribution < 1.29 is 9.66 Å². The van der Waals surface area contributed by atoms with Gasteiger partial charge in [0.1, 0.15) is 5.75 Å². The second-order valence-corrected chi connectivity index (χ2v) is 4.86. The van der Waals surface area contributed by atoms with Gasteiger partial charge in [0.25, 0.3) is 5.69 Å². The number of rotatable bonds is 6. The molecule has 1 rings (SSSR count). The lowest BCUT2D eigenvalue weighted by atomic mass is 10.3. The molecule has 0 aromatic heterocycles. The smallest absolute Gasteiger partial charge is 0.274 e. The van der Waals surface area contributed by atoms with E-state index in [9.17, 15) is 10.1 Å². The van der Waals surface area contributed by atoms with Gasteiger partial charge in [-0.15, -0.1) is 0 Å². The number of nitro groups is 1. The number of benzene rings is 1. The Morgan fingerprint density at radius 2 is 2.06 bits per heavy atom. The minimum absolute atomic E-state index is 0.0323. The highest BCUT2D eigenvalue weighted by Gasteiger charge is 2.09. The molecule has 0 fully saturated rings. The van der Waals surface area contributed by atoms with Crippen LogP contribution in [0.1, 0.15) is 12.8 Å². The number of hydrogen-bond acceptors (Lipinski definition) is 3. The monoisotopic (exact) mass is 351 g/mol. The first-order valence-corrected chi connectivity index (χ1v) is 6.68. The Bertz CT molecular complexity index is 371. The molecule has 0 atom stereocenters. The molecule has 0 radical (unpaired) electrons. The average molecular weight is 353 g/mol. The first-order chi connectivity index (χ1) is 7.63. The number of hydrogen-bond donors (Lipinski definition) is 0. The molecule has 1 aromatic carbocycles. The molecule has 88 valence electrons. The van der Waals surface area contributed by atoms with Crippen LogP contribution in [0.4, 0.5) is 5.69 Å². The molecule has 0 aliphatic heterocycles. The van der Waals surface area contributed by atoms with E-state index in [-0.39, 0.29) is 5.69 Å². The zero-order valence-electron chi connectivity index (χ0n) is 8.49.